The molecule has 0 saturated carbocycles. The third-order valence-electron chi connectivity index (χ3n) is 3.57. The van der Waals surface area contributed by atoms with E-state index < -0.39 is 11.4 Å². The van der Waals surface area contributed by atoms with E-state index in [0.29, 0.717) is 0 Å². The van der Waals surface area contributed by atoms with Crippen molar-refractivity contribution >= 4 is 5.78 Å². The van der Waals surface area contributed by atoms with Crippen LogP contribution in [-0.2, 0) is 0 Å². The highest BCUT2D eigenvalue weighted by Crippen LogP contribution is 2.25. The van der Waals surface area contributed by atoms with Crippen LogP contribution < -0.4 is 0 Å². The maximum Gasteiger partial charge on any atom is 0.185 e. The van der Waals surface area contributed by atoms with Crippen LogP contribution in [0.5, 0.6) is 0 Å². The lowest BCUT2D eigenvalue weighted by atomic mass is 9.91. The normalized spacial score (nSPS) is 17.4. The summed E-state index contributed by atoms with van der Waals surface area (Å²) in [6, 6.07) is 6.22. The van der Waals surface area contributed by atoms with Crippen molar-refractivity contribution in [3.05, 3.63) is 35.6 Å². The van der Waals surface area contributed by atoms with E-state index >= 15 is 0 Å². The standard InChI is InChI=1S/C14H18FNO/c1-14(2,16-9-5-6-10-16)13(17)11-7-3-4-8-12(11)15/h3-4,7-8H,5-6,9-10H2,1-2H3. The van der Waals surface area contributed by atoms with Crippen molar-refractivity contribution in [2.45, 2.75) is 32.2 Å². The van der Waals surface area contributed by atoms with Gasteiger partial charge in [0.15, 0.2) is 5.78 Å². The first-order valence-electron chi connectivity index (χ1n) is 6.08. The average Bonchev–Trinajstić information content (AvgIpc) is 2.83. The number of carbonyl (C=O) groups excluding carboxylic acids is 1. The first-order chi connectivity index (χ1) is 8.03. The van der Waals surface area contributed by atoms with Crippen LogP contribution in [0.3, 0.4) is 0 Å². The highest BCUT2D eigenvalue weighted by molar-refractivity contribution is 6.02. The van der Waals surface area contributed by atoms with Gasteiger partial charge >= 0.3 is 0 Å². The van der Waals surface area contributed by atoms with Crippen molar-refractivity contribution < 1.29 is 9.18 Å². The minimum Gasteiger partial charge on any atom is -0.292 e. The van der Waals surface area contributed by atoms with Crippen LogP contribution in [0.1, 0.15) is 37.0 Å². The van der Waals surface area contributed by atoms with Crippen molar-refractivity contribution in [1.82, 2.24) is 4.90 Å². The summed E-state index contributed by atoms with van der Waals surface area (Å²) in [6.45, 7) is 5.61. The number of Topliss-reactive ketones (excluding diaryl/α,β-unsaturated/α-hetero) is 1. The Bertz CT molecular complexity index is 422. The van der Waals surface area contributed by atoms with Crippen LogP contribution in [-0.4, -0.2) is 29.3 Å². The van der Waals surface area contributed by atoms with Gasteiger partial charge in [-0.3, -0.25) is 9.69 Å². The zero-order valence-corrected chi connectivity index (χ0v) is 10.4. The van der Waals surface area contributed by atoms with Gasteiger partial charge in [0.1, 0.15) is 5.82 Å². The van der Waals surface area contributed by atoms with Gasteiger partial charge in [-0.05, 0) is 51.9 Å². The maximum atomic E-state index is 13.6. The lowest BCUT2D eigenvalue weighted by Gasteiger charge is -2.33. The number of likely N-dealkylation sites (tertiary alicyclic amines) is 1. The molecule has 3 heteroatoms. The fraction of sp³-hybridized carbons (Fsp3) is 0.500. The molecular weight excluding hydrogens is 217 g/mol. The molecule has 0 bridgehead atoms. The number of hydrogen-bond acceptors (Lipinski definition) is 2. The molecule has 17 heavy (non-hydrogen) atoms. The second-order valence-corrected chi connectivity index (χ2v) is 5.06. The Morgan fingerprint density at radius 3 is 2.41 bits per heavy atom. The molecule has 1 saturated heterocycles. The number of rotatable bonds is 3. The lowest BCUT2D eigenvalue weighted by Crippen LogP contribution is -2.48. The van der Waals surface area contributed by atoms with E-state index in [0.717, 1.165) is 25.9 Å². The number of hydrogen-bond donors (Lipinski definition) is 0. The fourth-order valence-electron chi connectivity index (χ4n) is 2.39. The van der Waals surface area contributed by atoms with Gasteiger partial charge in [0, 0.05) is 0 Å². The summed E-state index contributed by atoms with van der Waals surface area (Å²) in [5.41, 5.74) is -0.414. The molecule has 0 aromatic heterocycles. The van der Waals surface area contributed by atoms with E-state index in [1.54, 1.807) is 18.2 Å². The molecule has 0 radical (unpaired) electrons. The molecule has 1 aliphatic heterocycles. The number of benzene rings is 1. The second-order valence-electron chi connectivity index (χ2n) is 5.06. The van der Waals surface area contributed by atoms with Crippen molar-refractivity contribution in [2.75, 3.05) is 13.1 Å². The molecule has 0 N–H and O–H groups in total. The van der Waals surface area contributed by atoms with Crippen molar-refractivity contribution in [2.24, 2.45) is 0 Å². The molecule has 1 heterocycles. The summed E-state index contributed by atoms with van der Waals surface area (Å²) in [4.78, 5) is 14.5. The Morgan fingerprint density at radius 2 is 1.82 bits per heavy atom. The second kappa shape index (κ2) is 4.57. The van der Waals surface area contributed by atoms with Crippen molar-refractivity contribution in [3.63, 3.8) is 0 Å². The highest BCUT2D eigenvalue weighted by atomic mass is 19.1. The van der Waals surface area contributed by atoms with Crippen LogP contribution in [0.4, 0.5) is 4.39 Å². The number of carbonyl (C=O) groups is 1. The number of nitrogens with zero attached hydrogens (tertiary/aromatic N) is 1. The molecule has 0 spiro atoms. The lowest BCUT2D eigenvalue weighted by molar-refractivity contribution is 0.0698. The molecule has 0 atom stereocenters. The highest BCUT2D eigenvalue weighted by Gasteiger charge is 2.37. The zero-order chi connectivity index (χ0) is 12.5. The molecular formula is C14H18FNO. The van der Waals surface area contributed by atoms with Gasteiger partial charge in [-0.1, -0.05) is 12.1 Å². The van der Waals surface area contributed by atoms with Gasteiger partial charge in [-0.15, -0.1) is 0 Å². The Kier molecular flexibility index (Phi) is 3.29. The maximum absolute atomic E-state index is 13.6. The molecule has 1 aliphatic rings. The summed E-state index contributed by atoms with van der Waals surface area (Å²) in [5.74, 6) is -0.553. The predicted molar refractivity (Wildman–Crippen MR) is 65.6 cm³/mol. The molecule has 0 unspecified atom stereocenters. The first kappa shape index (κ1) is 12.2. The van der Waals surface area contributed by atoms with E-state index in [4.69, 9.17) is 0 Å². The predicted octanol–water partition coefficient (Wildman–Crippen LogP) is 2.88. The van der Waals surface area contributed by atoms with Gasteiger partial charge in [-0.25, -0.2) is 4.39 Å². The van der Waals surface area contributed by atoms with E-state index in [1.165, 1.54) is 6.07 Å². The molecule has 0 aliphatic carbocycles. The van der Waals surface area contributed by atoms with Gasteiger partial charge in [0.2, 0.25) is 0 Å². The van der Waals surface area contributed by atoms with Gasteiger partial charge in [0.05, 0.1) is 11.1 Å². The quantitative estimate of drug-likeness (QED) is 0.751. The third-order valence-corrected chi connectivity index (χ3v) is 3.57. The minimum atomic E-state index is -0.612. The smallest absolute Gasteiger partial charge is 0.185 e. The van der Waals surface area contributed by atoms with Crippen LogP contribution in [0.2, 0.25) is 0 Å². The summed E-state index contributed by atoms with van der Waals surface area (Å²) < 4.78 is 13.6. The van der Waals surface area contributed by atoms with E-state index in [-0.39, 0.29) is 11.3 Å². The summed E-state index contributed by atoms with van der Waals surface area (Å²) in [5, 5.41) is 0. The van der Waals surface area contributed by atoms with Crippen LogP contribution in [0.25, 0.3) is 0 Å². The molecule has 92 valence electrons. The van der Waals surface area contributed by atoms with Gasteiger partial charge < -0.3 is 0 Å². The fourth-order valence-corrected chi connectivity index (χ4v) is 2.39. The number of halogens is 1. The van der Waals surface area contributed by atoms with E-state index in [1.807, 2.05) is 13.8 Å². The molecule has 2 nitrogen and oxygen atoms in total. The zero-order valence-electron chi connectivity index (χ0n) is 10.4. The van der Waals surface area contributed by atoms with Gasteiger partial charge in [-0.2, -0.15) is 0 Å². The Labute approximate surface area is 101 Å². The first-order valence-corrected chi connectivity index (χ1v) is 6.08. The van der Waals surface area contributed by atoms with Crippen LogP contribution >= 0.6 is 0 Å². The van der Waals surface area contributed by atoms with Crippen LogP contribution in [0, 0.1) is 5.82 Å². The minimum absolute atomic E-state index is 0.127. The summed E-state index contributed by atoms with van der Waals surface area (Å²) in [7, 11) is 0. The molecule has 2 rings (SSSR count). The van der Waals surface area contributed by atoms with E-state index in [9.17, 15) is 9.18 Å². The molecule has 1 aromatic rings. The largest absolute Gasteiger partial charge is 0.292 e. The van der Waals surface area contributed by atoms with Crippen molar-refractivity contribution in [1.29, 1.82) is 0 Å². The number of ketones is 1. The monoisotopic (exact) mass is 235 g/mol. The summed E-state index contributed by atoms with van der Waals surface area (Å²) in [6.07, 6.45) is 2.24. The van der Waals surface area contributed by atoms with Gasteiger partial charge in [0.25, 0.3) is 0 Å². The third kappa shape index (κ3) is 2.25. The molecule has 1 aromatic carbocycles. The SMILES string of the molecule is CC(C)(C(=O)c1ccccc1F)N1CCCC1. The van der Waals surface area contributed by atoms with Crippen molar-refractivity contribution in [3.8, 4) is 0 Å². The molecule has 1 fully saturated rings. The Morgan fingerprint density at radius 1 is 1.24 bits per heavy atom. The average molecular weight is 235 g/mol. The van der Waals surface area contributed by atoms with Crippen LogP contribution in [0.15, 0.2) is 24.3 Å². The topological polar surface area (TPSA) is 20.3 Å². The Hall–Kier alpha value is -1.22. The Balaban J connectivity index is 2.27. The summed E-state index contributed by atoms with van der Waals surface area (Å²) >= 11 is 0. The molecule has 0 amide bonds. The van der Waals surface area contributed by atoms with E-state index in [2.05, 4.69) is 4.90 Å².